The molecule has 1 amide bonds. The molecule has 0 saturated carbocycles. The minimum Gasteiger partial charge on any atom is -0.339 e. The van der Waals surface area contributed by atoms with Gasteiger partial charge in [-0.2, -0.15) is 0 Å². The number of likely N-dealkylation sites (N-methyl/N-ethyl adjacent to an activating group) is 1. The summed E-state index contributed by atoms with van der Waals surface area (Å²) in [6, 6.07) is 1.50. The molecule has 4 nitrogen and oxygen atoms in total. The molecule has 2 rings (SSSR count). The number of carbonyl (C=O) groups excluding carboxylic acids is 1. The molecule has 4 heteroatoms. The van der Waals surface area contributed by atoms with Crippen molar-refractivity contribution in [2.45, 2.75) is 57.8 Å². The second-order valence-electron chi connectivity index (χ2n) is 5.66. The number of nitrogens with one attached hydrogen (secondary N) is 1. The molecule has 98 valence electrons. The van der Waals surface area contributed by atoms with E-state index in [-0.39, 0.29) is 11.9 Å². The van der Waals surface area contributed by atoms with Gasteiger partial charge in [0.15, 0.2) is 0 Å². The molecule has 2 aliphatic rings. The predicted octanol–water partition coefficient (Wildman–Crippen LogP) is 0.678. The lowest BCUT2D eigenvalue weighted by Crippen LogP contribution is -2.61. The average Bonchev–Trinajstić information content (AvgIpc) is 2.54. The Labute approximate surface area is 104 Å². The number of likely N-dealkylation sites (tertiary alicyclic amines) is 1. The molecule has 0 aromatic rings. The van der Waals surface area contributed by atoms with Crippen molar-refractivity contribution in [2.75, 3.05) is 20.1 Å². The third kappa shape index (κ3) is 2.33. The van der Waals surface area contributed by atoms with Crippen molar-refractivity contribution in [3.8, 4) is 0 Å². The standard InChI is InChI=1S/C13H25N3O/c1-9-5-6-10(2)16(9)11(3)13(17)15(4)12-7-14-8-12/h9-12,14H,5-8H2,1-4H3. The van der Waals surface area contributed by atoms with Crippen molar-refractivity contribution >= 4 is 5.91 Å². The van der Waals surface area contributed by atoms with Gasteiger partial charge in [0.05, 0.1) is 12.1 Å². The van der Waals surface area contributed by atoms with Crippen LogP contribution in [-0.2, 0) is 4.79 Å². The van der Waals surface area contributed by atoms with Gasteiger partial charge < -0.3 is 10.2 Å². The van der Waals surface area contributed by atoms with Gasteiger partial charge in [-0.15, -0.1) is 0 Å². The van der Waals surface area contributed by atoms with Crippen LogP contribution in [0.4, 0.5) is 0 Å². The first kappa shape index (κ1) is 12.8. The molecular weight excluding hydrogens is 214 g/mol. The zero-order valence-corrected chi connectivity index (χ0v) is 11.4. The van der Waals surface area contributed by atoms with Crippen molar-refractivity contribution in [1.82, 2.24) is 15.1 Å². The van der Waals surface area contributed by atoms with E-state index in [0.29, 0.717) is 18.1 Å². The molecule has 2 aliphatic heterocycles. The van der Waals surface area contributed by atoms with Gasteiger partial charge in [-0.3, -0.25) is 9.69 Å². The van der Waals surface area contributed by atoms with E-state index in [9.17, 15) is 4.79 Å². The first-order valence-electron chi connectivity index (χ1n) is 6.77. The highest BCUT2D eigenvalue weighted by Crippen LogP contribution is 2.26. The Morgan fingerprint density at radius 1 is 1.29 bits per heavy atom. The summed E-state index contributed by atoms with van der Waals surface area (Å²) in [5.74, 6) is 0.275. The zero-order valence-electron chi connectivity index (χ0n) is 11.4. The molecule has 3 unspecified atom stereocenters. The summed E-state index contributed by atoms with van der Waals surface area (Å²) in [6.45, 7) is 8.42. The maximum Gasteiger partial charge on any atom is 0.239 e. The van der Waals surface area contributed by atoms with Gasteiger partial charge in [-0.25, -0.2) is 0 Å². The van der Waals surface area contributed by atoms with Crippen LogP contribution in [0.15, 0.2) is 0 Å². The molecule has 2 heterocycles. The SMILES string of the molecule is CC1CCC(C)N1C(C)C(=O)N(C)C1CNC1. The van der Waals surface area contributed by atoms with E-state index in [1.54, 1.807) is 0 Å². The van der Waals surface area contributed by atoms with Crippen LogP contribution in [0, 0.1) is 0 Å². The van der Waals surface area contributed by atoms with Crippen LogP contribution in [0.1, 0.15) is 33.6 Å². The van der Waals surface area contributed by atoms with Crippen molar-refractivity contribution < 1.29 is 4.79 Å². The number of hydrogen-bond donors (Lipinski definition) is 1. The fraction of sp³-hybridized carbons (Fsp3) is 0.923. The van der Waals surface area contributed by atoms with Gasteiger partial charge in [0.1, 0.15) is 0 Å². The van der Waals surface area contributed by atoms with Crippen LogP contribution in [0.2, 0.25) is 0 Å². The van der Waals surface area contributed by atoms with Gasteiger partial charge in [0.25, 0.3) is 0 Å². The Bertz CT molecular complexity index is 280. The summed E-state index contributed by atoms with van der Waals surface area (Å²) < 4.78 is 0. The molecule has 2 fully saturated rings. The molecule has 0 aromatic carbocycles. The third-order valence-electron chi connectivity index (χ3n) is 4.48. The molecule has 0 spiro atoms. The van der Waals surface area contributed by atoms with E-state index < -0.39 is 0 Å². The Hall–Kier alpha value is -0.610. The van der Waals surface area contributed by atoms with Crippen LogP contribution in [0.25, 0.3) is 0 Å². The van der Waals surface area contributed by atoms with E-state index in [2.05, 4.69) is 31.0 Å². The van der Waals surface area contributed by atoms with Crippen LogP contribution in [0.5, 0.6) is 0 Å². The molecular formula is C13H25N3O. The quantitative estimate of drug-likeness (QED) is 0.786. The van der Waals surface area contributed by atoms with Crippen LogP contribution in [-0.4, -0.2) is 60.0 Å². The first-order valence-corrected chi connectivity index (χ1v) is 6.77. The Morgan fingerprint density at radius 2 is 1.82 bits per heavy atom. The van der Waals surface area contributed by atoms with E-state index in [4.69, 9.17) is 0 Å². The Balaban J connectivity index is 1.98. The zero-order chi connectivity index (χ0) is 12.6. The Morgan fingerprint density at radius 3 is 2.24 bits per heavy atom. The molecule has 2 saturated heterocycles. The van der Waals surface area contributed by atoms with E-state index in [0.717, 1.165) is 13.1 Å². The number of carbonyl (C=O) groups is 1. The third-order valence-corrected chi connectivity index (χ3v) is 4.48. The van der Waals surface area contributed by atoms with Gasteiger partial charge in [-0.1, -0.05) is 0 Å². The van der Waals surface area contributed by atoms with Crippen LogP contribution in [0.3, 0.4) is 0 Å². The van der Waals surface area contributed by atoms with Crippen molar-refractivity contribution in [2.24, 2.45) is 0 Å². The average molecular weight is 239 g/mol. The minimum absolute atomic E-state index is 0.0214. The monoisotopic (exact) mass is 239 g/mol. The second kappa shape index (κ2) is 4.94. The highest BCUT2D eigenvalue weighted by Gasteiger charge is 2.37. The minimum atomic E-state index is 0.0214. The van der Waals surface area contributed by atoms with E-state index in [1.807, 2.05) is 11.9 Å². The highest BCUT2D eigenvalue weighted by molar-refractivity contribution is 5.81. The van der Waals surface area contributed by atoms with E-state index in [1.165, 1.54) is 12.8 Å². The van der Waals surface area contributed by atoms with Gasteiger partial charge in [0.2, 0.25) is 5.91 Å². The number of hydrogen-bond acceptors (Lipinski definition) is 3. The lowest BCUT2D eigenvalue weighted by molar-refractivity contribution is -0.139. The predicted molar refractivity (Wildman–Crippen MR) is 68.9 cm³/mol. The number of rotatable bonds is 3. The molecule has 0 aliphatic carbocycles. The molecule has 0 bridgehead atoms. The van der Waals surface area contributed by atoms with Gasteiger partial charge in [0, 0.05) is 32.2 Å². The smallest absolute Gasteiger partial charge is 0.239 e. The largest absolute Gasteiger partial charge is 0.339 e. The van der Waals surface area contributed by atoms with Crippen molar-refractivity contribution in [3.05, 3.63) is 0 Å². The maximum absolute atomic E-state index is 12.4. The summed E-state index contributed by atoms with van der Waals surface area (Å²) >= 11 is 0. The molecule has 0 radical (unpaired) electrons. The summed E-state index contributed by atoms with van der Waals surface area (Å²) in [5, 5.41) is 3.22. The summed E-state index contributed by atoms with van der Waals surface area (Å²) in [5.41, 5.74) is 0. The fourth-order valence-corrected chi connectivity index (χ4v) is 3.13. The highest BCUT2D eigenvalue weighted by atomic mass is 16.2. The summed E-state index contributed by atoms with van der Waals surface area (Å²) in [6.07, 6.45) is 2.43. The number of nitrogens with zero attached hydrogens (tertiary/aromatic N) is 2. The fourth-order valence-electron chi connectivity index (χ4n) is 3.13. The maximum atomic E-state index is 12.4. The molecule has 17 heavy (non-hydrogen) atoms. The van der Waals surface area contributed by atoms with Gasteiger partial charge in [-0.05, 0) is 33.6 Å². The van der Waals surface area contributed by atoms with Crippen molar-refractivity contribution in [1.29, 1.82) is 0 Å². The molecule has 0 aromatic heterocycles. The lowest BCUT2D eigenvalue weighted by Gasteiger charge is -2.40. The number of amides is 1. The van der Waals surface area contributed by atoms with Gasteiger partial charge >= 0.3 is 0 Å². The molecule has 3 atom stereocenters. The Kier molecular flexibility index (Phi) is 3.73. The topological polar surface area (TPSA) is 35.6 Å². The van der Waals surface area contributed by atoms with E-state index >= 15 is 0 Å². The lowest BCUT2D eigenvalue weighted by atomic mass is 10.1. The second-order valence-corrected chi connectivity index (χ2v) is 5.66. The molecule has 1 N–H and O–H groups in total. The normalized spacial score (nSPS) is 32.2. The van der Waals surface area contributed by atoms with Crippen LogP contribution >= 0.6 is 0 Å². The first-order chi connectivity index (χ1) is 8.02. The summed E-state index contributed by atoms with van der Waals surface area (Å²) in [7, 11) is 1.94. The summed E-state index contributed by atoms with van der Waals surface area (Å²) in [4.78, 5) is 16.7. The van der Waals surface area contributed by atoms with Crippen LogP contribution < -0.4 is 5.32 Å². The van der Waals surface area contributed by atoms with Crippen molar-refractivity contribution in [3.63, 3.8) is 0 Å².